The molecule has 0 aliphatic rings. The van der Waals surface area contributed by atoms with E-state index in [4.69, 9.17) is 5.11 Å². The summed E-state index contributed by atoms with van der Waals surface area (Å²) in [6.45, 7) is 0. The normalized spacial score (nSPS) is 10.4. The number of carboxylic acids is 1. The van der Waals surface area contributed by atoms with Crippen LogP contribution in [0.3, 0.4) is 0 Å². The van der Waals surface area contributed by atoms with Crippen molar-refractivity contribution in [3.8, 4) is 0 Å². The predicted molar refractivity (Wildman–Crippen MR) is 64.5 cm³/mol. The number of carboxylic acid groups (broad SMARTS) is 1. The molecule has 0 unspecified atom stereocenters. The van der Waals surface area contributed by atoms with Crippen LogP contribution in [0.1, 0.15) is 0 Å². The zero-order valence-electron chi connectivity index (χ0n) is 7.91. The molecule has 6 heteroatoms. The molecular weight excluding hydrogens is 328 g/mol. The van der Waals surface area contributed by atoms with E-state index in [2.05, 4.69) is 5.32 Å². The SMILES string of the molecule is O=C(O)C=CC(=O)Nc1ccc(F)cc1I. The third-order valence-electron chi connectivity index (χ3n) is 1.57. The highest BCUT2D eigenvalue weighted by Gasteiger charge is 2.04. The number of hydrogen-bond acceptors (Lipinski definition) is 2. The van der Waals surface area contributed by atoms with Crippen LogP contribution in [0.15, 0.2) is 30.4 Å². The molecule has 2 N–H and O–H groups in total. The minimum absolute atomic E-state index is 0.400. The highest BCUT2D eigenvalue weighted by atomic mass is 127. The number of anilines is 1. The van der Waals surface area contributed by atoms with Gasteiger partial charge in [0.25, 0.3) is 0 Å². The number of carbonyl (C=O) groups excluding carboxylic acids is 1. The number of rotatable bonds is 3. The molecule has 0 spiro atoms. The van der Waals surface area contributed by atoms with Gasteiger partial charge in [-0.25, -0.2) is 9.18 Å². The van der Waals surface area contributed by atoms with Crippen molar-refractivity contribution in [3.63, 3.8) is 0 Å². The zero-order chi connectivity index (χ0) is 12.1. The fourth-order valence-corrected chi connectivity index (χ4v) is 1.52. The van der Waals surface area contributed by atoms with Crippen molar-refractivity contribution in [2.45, 2.75) is 0 Å². The molecule has 1 aromatic carbocycles. The quantitative estimate of drug-likeness (QED) is 0.656. The summed E-state index contributed by atoms with van der Waals surface area (Å²) < 4.78 is 13.3. The van der Waals surface area contributed by atoms with E-state index in [1.165, 1.54) is 18.2 Å². The Morgan fingerprint density at radius 1 is 1.38 bits per heavy atom. The van der Waals surface area contributed by atoms with Crippen molar-refractivity contribution >= 4 is 40.2 Å². The Balaban J connectivity index is 2.73. The van der Waals surface area contributed by atoms with Gasteiger partial charge in [-0.1, -0.05) is 0 Å². The van der Waals surface area contributed by atoms with Gasteiger partial charge in [0.1, 0.15) is 5.82 Å². The summed E-state index contributed by atoms with van der Waals surface area (Å²) in [4.78, 5) is 21.3. The second-order valence-electron chi connectivity index (χ2n) is 2.78. The Morgan fingerprint density at radius 3 is 2.62 bits per heavy atom. The maximum absolute atomic E-state index is 12.7. The average molecular weight is 335 g/mol. The van der Waals surface area contributed by atoms with Gasteiger partial charge in [0.05, 0.1) is 5.69 Å². The van der Waals surface area contributed by atoms with Crippen LogP contribution in [0.2, 0.25) is 0 Å². The summed E-state index contributed by atoms with van der Waals surface area (Å²) in [5, 5.41) is 10.7. The number of nitrogens with one attached hydrogen (secondary N) is 1. The number of halogens is 2. The van der Waals surface area contributed by atoms with Crippen molar-refractivity contribution in [3.05, 3.63) is 39.7 Å². The summed E-state index contributed by atoms with van der Waals surface area (Å²) in [6, 6.07) is 3.87. The first-order chi connectivity index (χ1) is 7.49. The molecule has 0 saturated carbocycles. The number of carbonyl (C=O) groups is 2. The summed E-state index contributed by atoms with van der Waals surface area (Å²) >= 11 is 1.87. The van der Waals surface area contributed by atoms with E-state index in [0.29, 0.717) is 9.26 Å². The topological polar surface area (TPSA) is 66.4 Å². The van der Waals surface area contributed by atoms with Crippen LogP contribution in [0.4, 0.5) is 10.1 Å². The van der Waals surface area contributed by atoms with Crippen LogP contribution < -0.4 is 5.32 Å². The lowest BCUT2D eigenvalue weighted by atomic mass is 10.3. The van der Waals surface area contributed by atoms with Crippen LogP contribution in [0, 0.1) is 9.39 Å². The second-order valence-corrected chi connectivity index (χ2v) is 3.95. The molecule has 1 rings (SSSR count). The van der Waals surface area contributed by atoms with Crippen molar-refractivity contribution in [1.29, 1.82) is 0 Å². The lowest BCUT2D eigenvalue weighted by Gasteiger charge is -2.04. The molecule has 4 nitrogen and oxygen atoms in total. The van der Waals surface area contributed by atoms with Gasteiger partial charge >= 0.3 is 5.97 Å². The van der Waals surface area contributed by atoms with E-state index in [-0.39, 0.29) is 0 Å². The third kappa shape index (κ3) is 3.97. The smallest absolute Gasteiger partial charge is 0.328 e. The average Bonchev–Trinajstić information content (AvgIpc) is 2.19. The molecule has 1 aromatic rings. The zero-order valence-corrected chi connectivity index (χ0v) is 10.1. The van der Waals surface area contributed by atoms with E-state index in [1.807, 2.05) is 22.6 Å². The molecule has 0 aliphatic carbocycles. The van der Waals surface area contributed by atoms with Crippen molar-refractivity contribution in [1.82, 2.24) is 0 Å². The summed E-state index contributed by atoms with van der Waals surface area (Å²) in [5.74, 6) is -2.18. The Bertz CT molecular complexity index is 459. The Labute approximate surface area is 104 Å². The van der Waals surface area contributed by atoms with E-state index in [0.717, 1.165) is 12.2 Å². The van der Waals surface area contributed by atoms with Crippen LogP contribution in [-0.2, 0) is 9.59 Å². The second kappa shape index (κ2) is 5.59. The molecule has 0 aromatic heterocycles. The Hall–Kier alpha value is -1.44. The highest BCUT2D eigenvalue weighted by molar-refractivity contribution is 14.1. The Kier molecular flexibility index (Phi) is 4.41. The predicted octanol–water partition coefficient (Wildman–Crippen LogP) is 2.01. The molecule has 16 heavy (non-hydrogen) atoms. The summed E-state index contributed by atoms with van der Waals surface area (Å²) in [7, 11) is 0. The van der Waals surface area contributed by atoms with Gasteiger partial charge in [0.2, 0.25) is 5.91 Å². The molecule has 0 bridgehead atoms. The molecule has 1 amide bonds. The van der Waals surface area contributed by atoms with Crippen LogP contribution in [0.25, 0.3) is 0 Å². The number of aliphatic carboxylic acids is 1. The number of amides is 1. The van der Waals surface area contributed by atoms with Gasteiger partial charge in [-0.05, 0) is 40.8 Å². The highest BCUT2D eigenvalue weighted by Crippen LogP contribution is 2.18. The fraction of sp³-hybridized carbons (Fsp3) is 0. The van der Waals surface area contributed by atoms with Crippen LogP contribution >= 0.6 is 22.6 Å². The Morgan fingerprint density at radius 2 is 2.06 bits per heavy atom. The molecule has 0 radical (unpaired) electrons. The van der Waals surface area contributed by atoms with Gasteiger partial charge < -0.3 is 10.4 Å². The van der Waals surface area contributed by atoms with Gasteiger partial charge in [0.15, 0.2) is 0 Å². The maximum atomic E-state index is 12.7. The number of hydrogen-bond donors (Lipinski definition) is 2. The summed E-state index contributed by atoms with van der Waals surface area (Å²) in [6.07, 6.45) is 1.62. The van der Waals surface area contributed by atoms with E-state index < -0.39 is 17.7 Å². The van der Waals surface area contributed by atoms with Gasteiger partial charge in [-0.3, -0.25) is 4.79 Å². The fourth-order valence-electron chi connectivity index (χ4n) is 0.912. The van der Waals surface area contributed by atoms with Gasteiger partial charge in [-0.2, -0.15) is 0 Å². The van der Waals surface area contributed by atoms with Crippen LogP contribution in [0.5, 0.6) is 0 Å². The van der Waals surface area contributed by atoms with E-state index in [9.17, 15) is 14.0 Å². The lowest BCUT2D eigenvalue weighted by Crippen LogP contribution is -2.09. The molecule has 0 saturated heterocycles. The monoisotopic (exact) mass is 335 g/mol. The minimum Gasteiger partial charge on any atom is -0.478 e. The first kappa shape index (κ1) is 12.6. The van der Waals surface area contributed by atoms with E-state index >= 15 is 0 Å². The summed E-state index contributed by atoms with van der Waals surface area (Å²) in [5.41, 5.74) is 0.432. The van der Waals surface area contributed by atoms with Crippen molar-refractivity contribution in [2.24, 2.45) is 0 Å². The molecule has 0 heterocycles. The van der Waals surface area contributed by atoms with Crippen LogP contribution in [-0.4, -0.2) is 17.0 Å². The van der Waals surface area contributed by atoms with Crippen molar-refractivity contribution < 1.29 is 19.1 Å². The number of benzene rings is 1. The molecular formula is C10H7FINO3. The van der Waals surface area contributed by atoms with Gasteiger partial charge in [0, 0.05) is 15.7 Å². The van der Waals surface area contributed by atoms with Gasteiger partial charge in [-0.15, -0.1) is 0 Å². The standard InChI is InChI=1S/C10H7FINO3/c11-6-1-2-8(7(12)5-6)13-9(14)3-4-10(15)16/h1-5H,(H,13,14)(H,15,16). The molecule has 0 fully saturated rings. The molecule has 0 aliphatic heterocycles. The lowest BCUT2D eigenvalue weighted by molar-refractivity contribution is -0.131. The first-order valence-corrected chi connectivity index (χ1v) is 5.24. The molecule has 84 valence electrons. The van der Waals surface area contributed by atoms with E-state index in [1.54, 1.807) is 0 Å². The van der Waals surface area contributed by atoms with Crippen molar-refractivity contribution in [2.75, 3.05) is 5.32 Å². The third-order valence-corrected chi connectivity index (χ3v) is 2.46. The molecule has 0 atom stereocenters. The first-order valence-electron chi connectivity index (χ1n) is 4.16. The minimum atomic E-state index is -1.20. The largest absolute Gasteiger partial charge is 0.478 e. The maximum Gasteiger partial charge on any atom is 0.328 e.